The van der Waals surface area contributed by atoms with Crippen molar-refractivity contribution >= 4 is 23.2 Å². The van der Waals surface area contributed by atoms with Crippen LogP contribution in [0.3, 0.4) is 0 Å². The summed E-state index contributed by atoms with van der Waals surface area (Å²) in [5.74, 6) is -0.559. The first-order chi connectivity index (χ1) is 5.15. The van der Waals surface area contributed by atoms with Gasteiger partial charge in [0.15, 0.2) is 0 Å². The normalized spacial score (nSPS) is 9.27. The molecule has 56 valence electrons. The molecule has 0 heterocycles. The van der Waals surface area contributed by atoms with Crippen LogP contribution in [0, 0.1) is 17.1 Å². The van der Waals surface area contributed by atoms with Crippen LogP contribution in [0.2, 0.25) is 10.0 Å². The molecule has 0 N–H and O–H groups in total. The van der Waals surface area contributed by atoms with Crippen LogP contribution in [0.15, 0.2) is 12.1 Å². The van der Waals surface area contributed by atoms with Crippen molar-refractivity contribution in [2.24, 2.45) is 0 Å². The summed E-state index contributed by atoms with van der Waals surface area (Å²) in [7, 11) is 0. The molecule has 0 atom stereocenters. The van der Waals surface area contributed by atoms with Gasteiger partial charge in [-0.05, 0) is 12.1 Å². The molecule has 4 heteroatoms. The van der Waals surface area contributed by atoms with Gasteiger partial charge in [-0.25, -0.2) is 4.39 Å². The Morgan fingerprint density at radius 1 is 1.36 bits per heavy atom. The highest BCUT2D eigenvalue weighted by Gasteiger charge is 2.05. The van der Waals surface area contributed by atoms with Crippen LogP contribution in [-0.4, -0.2) is 0 Å². The van der Waals surface area contributed by atoms with Gasteiger partial charge in [-0.15, -0.1) is 0 Å². The summed E-state index contributed by atoms with van der Waals surface area (Å²) in [6.07, 6.45) is 0. The van der Waals surface area contributed by atoms with Crippen LogP contribution in [0.25, 0.3) is 0 Å². The summed E-state index contributed by atoms with van der Waals surface area (Å²) in [5, 5.41) is 8.56. The Kier molecular flexibility index (Phi) is 2.33. The maximum absolute atomic E-state index is 12.5. The standard InChI is InChI=1S/C7H2Cl2FN/c8-6-2-5(10)1-4(3-11)7(6)9/h1-2H. The van der Waals surface area contributed by atoms with E-state index in [4.69, 9.17) is 28.5 Å². The Morgan fingerprint density at radius 2 is 2.00 bits per heavy atom. The number of halogens is 3. The van der Waals surface area contributed by atoms with Gasteiger partial charge in [0.25, 0.3) is 0 Å². The summed E-state index contributed by atoms with van der Waals surface area (Å²) >= 11 is 11.0. The third-order valence-corrected chi connectivity index (χ3v) is 1.92. The highest BCUT2D eigenvalue weighted by molar-refractivity contribution is 6.42. The predicted molar refractivity (Wildman–Crippen MR) is 41.1 cm³/mol. The molecule has 0 fully saturated rings. The van der Waals surface area contributed by atoms with Gasteiger partial charge < -0.3 is 0 Å². The van der Waals surface area contributed by atoms with E-state index in [2.05, 4.69) is 0 Å². The molecule has 0 aromatic heterocycles. The van der Waals surface area contributed by atoms with Crippen molar-refractivity contribution in [3.05, 3.63) is 33.6 Å². The van der Waals surface area contributed by atoms with Crippen molar-refractivity contribution in [1.29, 1.82) is 5.26 Å². The molecule has 0 bridgehead atoms. The molecule has 11 heavy (non-hydrogen) atoms. The van der Waals surface area contributed by atoms with Crippen molar-refractivity contribution in [2.45, 2.75) is 0 Å². The molecule has 1 aromatic rings. The Hall–Kier alpha value is -0.780. The zero-order valence-electron chi connectivity index (χ0n) is 5.24. The molecule has 0 amide bonds. The summed E-state index contributed by atoms with van der Waals surface area (Å²) in [4.78, 5) is 0. The van der Waals surface area contributed by atoms with Crippen molar-refractivity contribution in [2.75, 3.05) is 0 Å². The fourth-order valence-corrected chi connectivity index (χ4v) is 0.995. The van der Waals surface area contributed by atoms with E-state index in [1.165, 1.54) is 0 Å². The predicted octanol–water partition coefficient (Wildman–Crippen LogP) is 3.00. The molecular formula is C7H2Cl2FN. The van der Waals surface area contributed by atoms with Gasteiger partial charge in [0.05, 0.1) is 15.6 Å². The van der Waals surface area contributed by atoms with E-state index in [0.29, 0.717) is 0 Å². The minimum Gasteiger partial charge on any atom is -0.207 e. The van der Waals surface area contributed by atoms with E-state index in [0.717, 1.165) is 12.1 Å². The van der Waals surface area contributed by atoms with E-state index in [1.807, 2.05) is 0 Å². The Morgan fingerprint density at radius 3 is 2.55 bits per heavy atom. The topological polar surface area (TPSA) is 23.8 Å². The van der Waals surface area contributed by atoms with Crippen LogP contribution in [0.4, 0.5) is 4.39 Å². The van der Waals surface area contributed by atoms with Crippen molar-refractivity contribution < 1.29 is 4.39 Å². The average molecular weight is 190 g/mol. The van der Waals surface area contributed by atoms with Crippen LogP contribution in [0.5, 0.6) is 0 Å². The number of hydrogen-bond donors (Lipinski definition) is 0. The summed E-state index contributed by atoms with van der Waals surface area (Å²) in [6, 6.07) is 3.82. The van der Waals surface area contributed by atoms with E-state index in [9.17, 15) is 4.39 Å². The van der Waals surface area contributed by atoms with Crippen LogP contribution in [-0.2, 0) is 0 Å². The molecule has 1 aromatic carbocycles. The number of nitriles is 1. The first-order valence-corrected chi connectivity index (χ1v) is 3.45. The first-order valence-electron chi connectivity index (χ1n) is 2.70. The number of benzene rings is 1. The van der Waals surface area contributed by atoms with Gasteiger partial charge in [0.1, 0.15) is 11.9 Å². The van der Waals surface area contributed by atoms with Crippen molar-refractivity contribution in [1.82, 2.24) is 0 Å². The minimum absolute atomic E-state index is 0.0525. The van der Waals surface area contributed by atoms with Crippen LogP contribution < -0.4 is 0 Å². The lowest BCUT2D eigenvalue weighted by molar-refractivity contribution is 0.627. The van der Waals surface area contributed by atoms with E-state index >= 15 is 0 Å². The van der Waals surface area contributed by atoms with Gasteiger partial charge in [-0.1, -0.05) is 23.2 Å². The SMILES string of the molecule is N#Cc1cc(F)cc(Cl)c1Cl. The Bertz CT molecular complexity index is 330. The minimum atomic E-state index is -0.559. The molecule has 0 saturated heterocycles. The number of nitrogens with zero attached hydrogens (tertiary/aromatic N) is 1. The molecular weight excluding hydrogens is 188 g/mol. The second-order valence-corrected chi connectivity index (χ2v) is 2.65. The van der Waals surface area contributed by atoms with Crippen LogP contribution >= 0.6 is 23.2 Å². The molecule has 0 spiro atoms. The maximum Gasteiger partial charge on any atom is 0.126 e. The third-order valence-electron chi connectivity index (χ3n) is 1.11. The third kappa shape index (κ3) is 1.62. The van der Waals surface area contributed by atoms with E-state index < -0.39 is 5.82 Å². The lowest BCUT2D eigenvalue weighted by atomic mass is 10.2. The Labute approximate surface area is 73.0 Å². The molecule has 0 aliphatic rings. The second-order valence-electron chi connectivity index (χ2n) is 1.86. The first kappa shape index (κ1) is 8.32. The van der Waals surface area contributed by atoms with Gasteiger partial charge >= 0.3 is 0 Å². The Balaban J connectivity index is 3.39. The fraction of sp³-hybridized carbons (Fsp3) is 0. The largest absolute Gasteiger partial charge is 0.207 e. The van der Waals surface area contributed by atoms with E-state index in [1.54, 1.807) is 6.07 Å². The quantitative estimate of drug-likeness (QED) is 0.576. The average Bonchev–Trinajstić information content (AvgIpc) is 1.96. The molecule has 0 aliphatic carbocycles. The van der Waals surface area contributed by atoms with Crippen LogP contribution in [0.1, 0.15) is 5.56 Å². The zero-order valence-corrected chi connectivity index (χ0v) is 6.75. The highest BCUT2D eigenvalue weighted by Crippen LogP contribution is 2.26. The summed E-state index contributed by atoms with van der Waals surface area (Å²) < 4.78 is 12.5. The van der Waals surface area contributed by atoms with Gasteiger partial charge in [-0.2, -0.15) is 5.26 Å². The summed E-state index contributed by atoms with van der Waals surface area (Å²) in [5.41, 5.74) is 0.0525. The van der Waals surface area contributed by atoms with Gasteiger partial charge in [0.2, 0.25) is 0 Å². The van der Waals surface area contributed by atoms with Crippen molar-refractivity contribution in [3.8, 4) is 6.07 Å². The molecule has 1 nitrogen and oxygen atoms in total. The number of hydrogen-bond acceptors (Lipinski definition) is 1. The monoisotopic (exact) mass is 189 g/mol. The second kappa shape index (κ2) is 3.08. The van der Waals surface area contributed by atoms with E-state index in [-0.39, 0.29) is 15.6 Å². The van der Waals surface area contributed by atoms with Crippen molar-refractivity contribution in [3.63, 3.8) is 0 Å². The summed E-state index contributed by atoms with van der Waals surface area (Å²) in [6.45, 7) is 0. The maximum atomic E-state index is 12.5. The fourth-order valence-electron chi connectivity index (χ4n) is 0.637. The smallest absolute Gasteiger partial charge is 0.126 e. The zero-order chi connectivity index (χ0) is 8.43. The molecule has 0 aliphatic heterocycles. The lowest BCUT2D eigenvalue weighted by Gasteiger charge is -1.96. The number of rotatable bonds is 0. The molecule has 0 unspecified atom stereocenters. The van der Waals surface area contributed by atoms with Gasteiger partial charge in [0, 0.05) is 0 Å². The molecule has 1 rings (SSSR count). The highest BCUT2D eigenvalue weighted by atomic mass is 35.5. The lowest BCUT2D eigenvalue weighted by Crippen LogP contribution is -1.81. The molecule has 0 saturated carbocycles. The molecule has 0 radical (unpaired) electrons. The van der Waals surface area contributed by atoms with Gasteiger partial charge in [-0.3, -0.25) is 0 Å².